The lowest BCUT2D eigenvalue weighted by atomic mass is 9.72. The number of carbonyl (C=O) groups is 3. The van der Waals surface area contributed by atoms with Crippen LogP contribution in [0, 0.1) is 0 Å². The first-order chi connectivity index (χ1) is 18.9. The molecule has 1 fully saturated rings. The molecule has 11 nitrogen and oxygen atoms in total. The van der Waals surface area contributed by atoms with Gasteiger partial charge in [0, 0.05) is 42.0 Å². The number of aliphatic hydroxyl groups is 2. The minimum atomic E-state index is -1.99. The summed E-state index contributed by atoms with van der Waals surface area (Å²) in [5, 5.41) is 48.0. The first kappa shape index (κ1) is 28.2. The number of carbonyl (C=O) groups excluding carboxylic acids is 3. The summed E-state index contributed by atoms with van der Waals surface area (Å²) >= 11 is 0. The topological polar surface area (TPSA) is 172 Å². The highest BCUT2D eigenvalue weighted by Gasteiger charge is 2.49. The number of rotatable bonds is 6. The largest absolute Gasteiger partial charge is 0.507 e. The van der Waals surface area contributed by atoms with Crippen LogP contribution in [0.5, 0.6) is 17.2 Å². The number of hydrogen-bond donors (Lipinski definition) is 5. The van der Waals surface area contributed by atoms with Crippen molar-refractivity contribution in [2.24, 2.45) is 0 Å². The van der Waals surface area contributed by atoms with E-state index in [-0.39, 0.29) is 46.9 Å². The summed E-state index contributed by atoms with van der Waals surface area (Å²) in [6, 6.07) is 4.10. The molecule has 2 aromatic carbocycles. The van der Waals surface area contributed by atoms with Gasteiger partial charge < -0.3 is 40.0 Å². The zero-order valence-corrected chi connectivity index (χ0v) is 22.7. The second-order valence-corrected chi connectivity index (χ2v) is 10.6. The van der Waals surface area contributed by atoms with E-state index in [1.54, 1.807) is 6.92 Å². The maximum atomic E-state index is 13.7. The second kappa shape index (κ2) is 10.2. The lowest BCUT2D eigenvalue weighted by Crippen LogP contribution is -2.54. The highest BCUT2D eigenvalue weighted by molar-refractivity contribution is 6.31. The van der Waals surface area contributed by atoms with Crippen LogP contribution in [0.15, 0.2) is 18.2 Å². The molecule has 1 saturated heterocycles. The smallest absolute Gasteiger partial charge is 0.202 e. The number of hydrogen-bond acceptors (Lipinski definition) is 11. The minimum absolute atomic E-state index is 0.00504. The van der Waals surface area contributed by atoms with Crippen molar-refractivity contribution in [3.8, 4) is 17.2 Å². The highest BCUT2D eigenvalue weighted by Crippen LogP contribution is 2.52. The van der Waals surface area contributed by atoms with Gasteiger partial charge in [-0.15, -0.1) is 0 Å². The van der Waals surface area contributed by atoms with Crippen molar-refractivity contribution < 1.29 is 49.0 Å². The zero-order valence-electron chi connectivity index (χ0n) is 22.7. The fourth-order valence-corrected chi connectivity index (χ4v) is 6.09. The van der Waals surface area contributed by atoms with Crippen LogP contribution in [0.1, 0.15) is 82.7 Å². The first-order valence-corrected chi connectivity index (χ1v) is 13.3. The lowest BCUT2D eigenvalue weighted by molar-refractivity contribution is -0.249. The van der Waals surface area contributed by atoms with Gasteiger partial charge >= 0.3 is 0 Å². The Kier molecular flexibility index (Phi) is 7.22. The van der Waals surface area contributed by atoms with Crippen LogP contribution >= 0.6 is 0 Å². The van der Waals surface area contributed by atoms with Crippen LogP contribution in [-0.2, 0) is 20.7 Å². The van der Waals surface area contributed by atoms with Crippen molar-refractivity contribution in [1.29, 1.82) is 0 Å². The number of phenols is 2. The number of nitrogens with one attached hydrogen (secondary N) is 1. The quantitative estimate of drug-likeness (QED) is 0.280. The van der Waals surface area contributed by atoms with Gasteiger partial charge in [0.15, 0.2) is 17.9 Å². The number of methoxy groups -OCH3 is 1. The maximum absolute atomic E-state index is 13.7. The summed E-state index contributed by atoms with van der Waals surface area (Å²) in [5.74, 6) is -3.08. The van der Waals surface area contributed by atoms with Crippen molar-refractivity contribution in [2.75, 3.05) is 13.7 Å². The SMILES string of the molecule is CCNC1CC(O[C@H]2C[C@](O)(C(C)=O)Cc3c(O)c4c(c(O)c32)C(=O)c2c(OC)cccc2C4=O)OC(C)C1O. The Hall–Kier alpha value is -3.35. The number of ether oxygens (including phenoxy) is 3. The average Bonchev–Trinajstić information content (AvgIpc) is 2.91. The molecule has 0 aromatic heterocycles. The third kappa shape index (κ3) is 4.29. The van der Waals surface area contributed by atoms with Crippen LogP contribution in [0.4, 0.5) is 0 Å². The summed E-state index contributed by atoms with van der Waals surface area (Å²) in [6.07, 6.45) is -4.05. The fourth-order valence-electron chi connectivity index (χ4n) is 6.09. The van der Waals surface area contributed by atoms with Gasteiger partial charge in [0.25, 0.3) is 0 Å². The van der Waals surface area contributed by atoms with E-state index in [1.807, 2.05) is 6.92 Å². The standard InChI is InChI=1S/C29H33NO10/c1-5-30-16-9-19(39-12(2)24(16)32)40-18-11-29(37,13(3)31)10-15-21(18)28(36)23-22(26(15)34)25(33)14-7-6-8-17(38-4)20(14)27(23)35/h6-8,12,16,18-19,24,30,32,34,36-37H,5,9-11H2,1-4H3/t12?,16?,18-,19?,24?,29-/m0/s1. The average molecular weight is 556 g/mol. The predicted molar refractivity (Wildman–Crippen MR) is 140 cm³/mol. The second-order valence-electron chi connectivity index (χ2n) is 10.6. The molecule has 0 bridgehead atoms. The normalized spacial score (nSPS) is 29.4. The van der Waals surface area contributed by atoms with E-state index in [0.29, 0.717) is 6.54 Å². The summed E-state index contributed by atoms with van der Waals surface area (Å²) < 4.78 is 17.4. The Morgan fingerprint density at radius 3 is 2.50 bits per heavy atom. The molecule has 3 aliphatic rings. The molecular weight excluding hydrogens is 522 g/mol. The molecule has 2 aromatic rings. The molecule has 0 spiro atoms. The molecule has 0 saturated carbocycles. The van der Waals surface area contributed by atoms with Crippen LogP contribution < -0.4 is 10.1 Å². The van der Waals surface area contributed by atoms with Gasteiger partial charge in [-0.25, -0.2) is 0 Å². The Bertz CT molecular complexity index is 1400. The van der Waals surface area contributed by atoms with Gasteiger partial charge in [0.05, 0.1) is 42.1 Å². The van der Waals surface area contributed by atoms with Gasteiger partial charge in [0.1, 0.15) is 22.8 Å². The van der Waals surface area contributed by atoms with Gasteiger partial charge in [-0.1, -0.05) is 19.1 Å². The van der Waals surface area contributed by atoms with Gasteiger partial charge in [-0.3, -0.25) is 14.4 Å². The van der Waals surface area contributed by atoms with E-state index >= 15 is 0 Å². The van der Waals surface area contributed by atoms with Crippen LogP contribution in [0.3, 0.4) is 0 Å². The Labute approximate surface area is 230 Å². The molecule has 5 N–H and O–H groups in total. The molecule has 6 atom stereocenters. The third-order valence-electron chi connectivity index (χ3n) is 8.22. The summed E-state index contributed by atoms with van der Waals surface area (Å²) in [6.45, 7) is 5.35. The van der Waals surface area contributed by atoms with Crippen molar-refractivity contribution in [3.63, 3.8) is 0 Å². The maximum Gasteiger partial charge on any atom is 0.202 e. The molecule has 1 aliphatic heterocycles. The Balaban J connectivity index is 1.65. The van der Waals surface area contributed by atoms with E-state index in [1.165, 1.54) is 32.2 Å². The number of Topliss-reactive ketones (excluding diaryl/α,β-unsaturated/α-hetero) is 1. The molecule has 40 heavy (non-hydrogen) atoms. The minimum Gasteiger partial charge on any atom is -0.507 e. The molecule has 2 aliphatic carbocycles. The van der Waals surface area contributed by atoms with Gasteiger partial charge in [-0.05, 0) is 26.5 Å². The van der Waals surface area contributed by atoms with E-state index in [0.717, 1.165) is 0 Å². The number of aliphatic hydroxyl groups excluding tert-OH is 1. The van der Waals surface area contributed by atoms with E-state index in [4.69, 9.17) is 14.2 Å². The Morgan fingerprint density at radius 1 is 1.15 bits per heavy atom. The van der Waals surface area contributed by atoms with Crippen LogP contribution in [0.2, 0.25) is 0 Å². The van der Waals surface area contributed by atoms with Gasteiger partial charge in [0.2, 0.25) is 5.78 Å². The van der Waals surface area contributed by atoms with Crippen molar-refractivity contribution in [1.82, 2.24) is 5.32 Å². The number of benzene rings is 2. The summed E-state index contributed by atoms with van der Waals surface area (Å²) in [5.41, 5.74) is -2.93. The monoisotopic (exact) mass is 555 g/mol. The number of phenolic OH excluding ortho intramolecular Hbond substituents is 2. The van der Waals surface area contributed by atoms with Crippen LogP contribution in [0.25, 0.3) is 0 Å². The molecular formula is C29H33NO10. The van der Waals surface area contributed by atoms with Crippen molar-refractivity contribution >= 4 is 17.3 Å². The summed E-state index contributed by atoms with van der Waals surface area (Å²) in [7, 11) is 1.35. The first-order valence-electron chi connectivity index (χ1n) is 13.3. The fraction of sp³-hybridized carbons (Fsp3) is 0.483. The van der Waals surface area contributed by atoms with Crippen LogP contribution in [-0.4, -0.2) is 81.6 Å². The number of ketones is 3. The van der Waals surface area contributed by atoms with Crippen molar-refractivity contribution in [2.45, 2.75) is 76.3 Å². The van der Waals surface area contributed by atoms with E-state index < -0.39 is 76.6 Å². The summed E-state index contributed by atoms with van der Waals surface area (Å²) in [4.78, 5) is 39.8. The number of aromatic hydroxyl groups is 2. The predicted octanol–water partition coefficient (Wildman–Crippen LogP) is 1.68. The van der Waals surface area contributed by atoms with E-state index in [2.05, 4.69) is 5.32 Å². The molecule has 0 amide bonds. The van der Waals surface area contributed by atoms with Crippen molar-refractivity contribution in [3.05, 3.63) is 51.6 Å². The lowest BCUT2D eigenvalue weighted by Gasteiger charge is -2.42. The molecule has 5 rings (SSSR count). The zero-order chi connectivity index (χ0) is 29.1. The third-order valence-corrected chi connectivity index (χ3v) is 8.22. The number of fused-ring (bicyclic) bond motifs is 3. The number of likely N-dealkylation sites (N-methyl/N-ethyl adjacent to an activating group) is 1. The molecule has 214 valence electrons. The molecule has 0 radical (unpaired) electrons. The molecule has 11 heteroatoms. The highest BCUT2D eigenvalue weighted by atomic mass is 16.7. The Morgan fingerprint density at radius 2 is 1.85 bits per heavy atom. The molecule has 1 heterocycles. The molecule has 4 unspecified atom stereocenters. The van der Waals surface area contributed by atoms with E-state index in [9.17, 15) is 34.8 Å². The van der Waals surface area contributed by atoms with Gasteiger partial charge in [-0.2, -0.15) is 0 Å².